The van der Waals surface area contributed by atoms with Crippen LogP contribution in [0.2, 0.25) is 10.0 Å². The smallest absolute Gasteiger partial charge is 0.238 e. The topological polar surface area (TPSA) is 59.6 Å². The molecule has 0 bridgehead atoms. The van der Waals surface area contributed by atoms with Crippen LogP contribution in [0.15, 0.2) is 53.6 Å². The van der Waals surface area contributed by atoms with Crippen molar-refractivity contribution in [2.45, 2.75) is 6.61 Å². The third-order valence-electron chi connectivity index (χ3n) is 2.65. The maximum absolute atomic E-state index is 6.02. The quantitative estimate of drug-likeness (QED) is 0.380. The van der Waals surface area contributed by atoms with E-state index in [0.717, 1.165) is 5.56 Å². The first-order chi connectivity index (χ1) is 10.6. The van der Waals surface area contributed by atoms with Gasteiger partial charge < -0.3 is 10.5 Å². The molecule has 114 valence electrons. The van der Waals surface area contributed by atoms with Crippen molar-refractivity contribution >= 4 is 46.4 Å². The van der Waals surface area contributed by atoms with E-state index in [9.17, 15) is 0 Å². The third kappa shape index (κ3) is 4.87. The summed E-state index contributed by atoms with van der Waals surface area (Å²) in [5.74, 6) is 0.315. The molecule has 0 unspecified atom stereocenters. The van der Waals surface area contributed by atoms with Crippen molar-refractivity contribution in [3.63, 3.8) is 0 Å². The van der Waals surface area contributed by atoms with Crippen LogP contribution in [0.3, 0.4) is 0 Å². The number of ether oxygens (including phenoxy) is 1. The zero-order valence-corrected chi connectivity index (χ0v) is 13.8. The maximum Gasteiger partial charge on any atom is 0.238 e. The van der Waals surface area contributed by atoms with Crippen LogP contribution in [0.4, 0.5) is 0 Å². The largest absolute Gasteiger partial charge is 0.471 e. The lowest BCUT2D eigenvalue weighted by Crippen LogP contribution is -2.26. The molecule has 0 atom stereocenters. The van der Waals surface area contributed by atoms with Gasteiger partial charge in [-0.25, -0.2) is 0 Å². The van der Waals surface area contributed by atoms with Crippen LogP contribution in [0.5, 0.6) is 0 Å². The Morgan fingerprint density at radius 2 is 1.86 bits per heavy atom. The molecular weight excluding hydrogens is 341 g/mol. The second-order valence-electron chi connectivity index (χ2n) is 4.30. The Labute approximate surface area is 143 Å². The second kappa shape index (κ2) is 7.98. The summed E-state index contributed by atoms with van der Waals surface area (Å²) in [6, 6.07) is 14.8. The number of thiocarbonyl (C=S) groups is 1. The molecule has 2 aromatic carbocycles. The van der Waals surface area contributed by atoms with Gasteiger partial charge in [-0.15, -0.1) is 5.10 Å². The molecule has 0 saturated carbocycles. The number of halogens is 2. The summed E-state index contributed by atoms with van der Waals surface area (Å²) in [7, 11) is 0. The van der Waals surface area contributed by atoms with Gasteiger partial charge in [0.1, 0.15) is 6.61 Å². The highest BCUT2D eigenvalue weighted by Crippen LogP contribution is 2.23. The molecule has 0 saturated heterocycles. The Hall–Kier alpha value is -1.82. The molecule has 22 heavy (non-hydrogen) atoms. The minimum atomic E-state index is 0.0425. The first-order valence-corrected chi connectivity index (χ1v) is 7.48. The molecule has 4 nitrogen and oxygen atoms in total. The Kier molecular flexibility index (Phi) is 6.00. The molecule has 0 aliphatic heterocycles. The van der Waals surface area contributed by atoms with Crippen molar-refractivity contribution in [2.24, 2.45) is 10.8 Å². The predicted molar refractivity (Wildman–Crippen MR) is 94.2 cm³/mol. The van der Waals surface area contributed by atoms with Gasteiger partial charge >= 0.3 is 0 Å². The first-order valence-electron chi connectivity index (χ1n) is 6.31. The molecule has 0 spiro atoms. The van der Waals surface area contributed by atoms with Crippen LogP contribution in [-0.2, 0) is 11.3 Å². The molecule has 7 heteroatoms. The van der Waals surface area contributed by atoms with E-state index in [2.05, 4.69) is 10.5 Å². The van der Waals surface area contributed by atoms with Crippen LogP contribution in [0.25, 0.3) is 0 Å². The first kappa shape index (κ1) is 16.5. The fraction of sp³-hybridized carbons (Fsp3) is 0.0667. The van der Waals surface area contributed by atoms with Crippen molar-refractivity contribution in [3.8, 4) is 0 Å². The summed E-state index contributed by atoms with van der Waals surface area (Å²) in [5.41, 5.74) is 9.57. The molecule has 0 aromatic heterocycles. The molecule has 0 heterocycles. The number of rotatable bonds is 4. The summed E-state index contributed by atoms with van der Waals surface area (Å²) in [5, 5.41) is 4.96. The Morgan fingerprint density at radius 3 is 2.50 bits per heavy atom. The zero-order valence-electron chi connectivity index (χ0n) is 11.4. The number of nitrogens with zero attached hydrogens (tertiary/aromatic N) is 1. The SMILES string of the molecule is NC(=S)N/N=C(\OCc1ccccc1)c1ccc(Cl)c(Cl)c1. The van der Waals surface area contributed by atoms with Crippen LogP contribution >= 0.6 is 35.4 Å². The molecular formula is C15H13Cl2N3OS. The zero-order chi connectivity index (χ0) is 15.9. The number of nitrogens with one attached hydrogen (secondary N) is 1. The van der Waals surface area contributed by atoms with Crippen LogP contribution < -0.4 is 11.2 Å². The van der Waals surface area contributed by atoms with E-state index in [1.54, 1.807) is 18.2 Å². The van der Waals surface area contributed by atoms with Gasteiger partial charge in [-0.2, -0.15) is 0 Å². The van der Waals surface area contributed by atoms with Crippen molar-refractivity contribution in [1.82, 2.24) is 5.43 Å². The van der Waals surface area contributed by atoms with Gasteiger partial charge in [0.05, 0.1) is 10.0 Å². The van der Waals surface area contributed by atoms with Gasteiger partial charge in [0.25, 0.3) is 0 Å². The molecule has 2 rings (SSSR count). The maximum atomic E-state index is 6.02. The summed E-state index contributed by atoms with van der Waals surface area (Å²) in [6.45, 7) is 0.346. The fourth-order valence-corrected chi connectivity index (χ4v) is 1.98. The van der Waals surface area contributed by atoms with Gasteiger partial charge in [-0.3, -0.25) is 5.43 Å². The molecule has 0 amide bonds. The molecule has 0 aliphatic carbocycles. The van der Waals surface area contributed by atoms with Gasteiger partial charge in [-0.1, -0.05) is 53.5 Å². The van der Waals surface area contributed by atoms with E-state index in [-0.39, 0.29) is 5.11 Å². The van der Waals surface area contributed by atoms with E-state index >= 15 is 0 Å². The normalized spacial score (nSPS) is 11.1. The van der Waals surface area contributed by atoms with E-state index in [4.69, 9.17) is 45.9 Å². The minimum absolute atomic E-state index is 0.0425. The summed E-state index contributed by atoms with van der Waals surface area (Å²) < 4.78 is 5.73. The van der Waals surface area contributed by atoms with Gasteiger partial charge in [0.2, 0.25) is 5.90 Å². The van der Waals surface area contributed by atoms with E-state index < -0.39 is 0 Å². The second-order valence-corrected chi connectivity index (χ2v) is 5.55. The number of hydrogen-bond donors (Lipinski definition) is 2. The van der Waals surface area contributed by atoms with E-state index in [0.29, 0.717) is 28.1 Å². The molecule has 0 fully saturated rings. The van der Waals surface area contributed by atoms with Crippen molar-refractivity contribution in [3.05, 3.63) is 69.7 Å². The monoisotopic (exact) mass is 353 g/mol. The lowest BCUT2D eigenvalue weighted by Gasteiger charge is -2.10. The van der Waals surface area contributed by atoms with Crippen LogP contribution in [0, 0.1) is 0 Å². The lowest BCUT2D eigenvalue weighted by molar-refractivity contribution is 0.291. The van der Waals surface area contributed by atoms with Crippen molar-refractivity contribution < 1.29 is 4.74 Å². The molecule has 2 aromatic rings. The highest BCUT2D eigenvalue weighted by molar-refractivity contribution is 7.80. The summed E-state index contributed by atoms with van der Waals surface area (Å²) >= 11 is 16.7. The highest BCUT2D eigenvalue weighted by Gasteiger charge is 2.09. The Balaban J connectivity index is 2.20. The van der Waals surface area contributed by atoms with E-state index in [1.165, 1.54) is 0 Å². The van der Waals surface area contributed by atoms with Crippen LogP contribution in [0.1, 0.15) is 11.1 Å². The van der Waals surface area contributed by atoms with Gasteiger partial charge in [-0.05, 0) is 36.0 Å². The summed E-state index contributed by atoms with van der Waals surface area (Å²) in [4.78, 5) is 0. The fourth-order valence-electron chi connectivity index (χ4n) is 1.64. The number of hydrazone groups is 1. The average Bonchev–Trinajstić information content (AvgIpc) is 2.51. The molecule has 0 radical (unpaired) electrons. The molecule has 3 N–H and O–H groups in total. The third-order valence-corrected chi connectivity index (χ3v) is 3.48. The van der Waals surface area contributed by atoms with Gasteiger partial charge in [0.15, 0.2) is 5.11 Å². The summed E-state index contributed by atoms with van der Waals surface area (Å²) in [6.07, 6.45) is 0. The lowest BCUT2D eigenvalue weighted by atomic mass is 10.2. The average molecular weight is 354 g/mol. The molecule has 0 aliphatic rings. The number of hydrogen-bond acceptors (Lipinski definition) is 3. The number of benzene rings is 2. The van der Waals surface area contributed by atoms with Crippen LogP contribution in [-0.4, -0.2) is 11.0 Å². The standard InChI is InChI=1S/C15H13Cl2N3OS/c16-12-7-6-11(8-13(12)17)14(19-20-15(18)22)21-9-10-4-2-1-3-5-10/h1-8H,9H2,(H3,18,20,22)/b19-14-. The number of nitrogens with two attached hydrogens (primary N) is 1. The predicted octanol–water partition coefficient (Wildman–Crippen LogP) is 3.71. The van der Waals surface area contributed by atoms with Crippen molar-refractivity contribution in [2.75, 3.05) is 0 Å². The van der Waals surface area contributed by atoms with Crippen molar-refractivity contribution in [1.29, 1.82) is 0 Å². The Bertz CT molecular complexity index is 692. The van der Waals surface area contributed by atoms with E-state index in [1.807, 2.05) is 30.3 Å². The Morgan fingerprint density at radius 1 is 1.14 bits per heavy atom. The minimum Gasteiger partial charge on any atom is -0.471 e. The highest BCUT2D eigenvalue weighted by atomic mass is 35.5. The van der Waals surface area contributed by atoms with Gasteiger partial charge in [0, 0.05) is 5.56 Å².